The Bertz CT molecular complexity index is 2800. The fraction of sp³-hybridized carbons (Fsp3) is 0.409. The van der Waals surface area contributed by atoms with Gasteiger partial charge in [0.2, 0.25) is 11.6 Å². The molecule has 0 bridgehead atoms. The van der Waals surface area contributed by atoms with Gasteiger partial charge in [-0.1, -0.05) is 24.3 Å². The molecule has 2 saturated carbocycles. The minimum absolute atomic E-state index is 0.00664. The summed E-state index contributed by atoms with van der Waals surface area (Å²) in [5.74, 6) is -19.3. The lowest BCUT2D eigenvalue weighted by atomic mass is 9.53. The average Bonchev–Trinajstić information content (AvgIpc) is 3.23. The number of phenols is 2. The summed E-state index contributed by atoms with van der Waals surface area (Å²) in [6.45, 7) is 2.51. The van der Waals surface area contributed by atoms with Crippen LogP contribution in [0.4, 0.5) is 0 Å². The smallest absolute Gasteiger partial charge is 0.394 e. The number of aromatic hydroxyl groups is 2. The molecule has 71 heavy (non-hydrogen) atoms. The summed E-state index contributed by atoms with van der Waals surface area (Å²) in [7, 11) is 0.930. The van der Waals surface area contributed by atoms with Gasteiger partial charge in [-0.3, -0.25) is 47.7 Å². The first-order valence-electron chi connectivity index (χ1n) is 20.9. The van der Waals surface area contributed by atoms with Crippen LogP contribution in [0.25, 0.3) is 11.5 Å². The molecule has 0 heterocycles. The minimum atomic E-state index is -4.67. The van der Waals surface area contributed by atoms with Crippen LogP contribution in [0.3, 0.4) is 0 Å². The maximum absolute atomic E-state index is 13.7. The third-order valence-corrected chi connectivity index (χ3v) is 14.1. The summed E-state index contributed by atoms with van der Waals surface area (Å²) in [5, 5.41) is 133. The van der Waals surface area contributed by atoms with Crippen molar-refractivity contribution in [3.63, 3.8) is 0 Å². The van der Waals surface area contributed by atoms with Gasteiger partial charge in [0.1, 0.15) is 45.7 Å². The van der Waals surface area contributed by atoms with Gasteiger partial charge in [0.25, 0.3) is 11.8 Å². The second kappa shape index (κ2) is 17.3. The van der Waals surface area contributed by atoms with Crippen molar-refractivity contribution in [2.75, 3.05) is 28.2 Å². The number of likely N-dealkylation sites (N-methyl/N-ethyl adjacent to an activating group) is 2. The van der Waals surface area contributed by atoms with E-state index in [2.05, 4.69) is 0 Å². The number of carbonyl (C=O) groups is 6. The molecule has 12 atom stereocenters. The number of hydrogen-bond donors (Lipinski definition) is 16. The van der Waals surface area contributed by atoms with Crippen LogP contribution in [0.1, 0.15) is 36.1 Å². The van der Waals surface area contributed by atoms with Crippen molar-refractivity contribution in [1.82, 2.24) is 9.80 Å². The van der Waals surface area contributed by atoms with Gasteiger partial charge in [-0.25, -0.2) is 0 Å². The normalized spacial score (nSPS) is 34.3. The number of nitrogens with zero attached hydrogens (tertiary/aromatic N) is 2. The molecule has 2 amide bonds. The van der Waals surface area contributed by atoms with Gasteiger partial charge in [-0.05, 0) is 65.3 Å². The van der Waals surface area contributed by atoms with E-state index in [1.165, 1.54) is 88.2 Å². The summed E-state index contributed by atoms with van der Waals surface area (Å²) >= 11 is 0. The number of primary amides is 2. The van der Waals surface area contributed by atoms with Gasteiger partial charge in [0, 0.05) is 0 Å². The van der Waals surface area contributed by atoms with E-state index in [9.17, 15) is 90.0 Å². The predicted octanol–water partition coefficient (Wildman–Crippen LogP) is -3.45. The number of Topliss-reactive ketones (excluding diaryl/α,β-unsaturated/α-hetero) is 4. The summed E-state index contributed by atoms with van der Waals surface area (Å²) in [6, 6.07) is 5.00. The van der Waals surface area contributed by atoms with Gasteiger partial charge >= 0.3 is 10.4 Å². The number of ketones is 4. The molecule has 0 aliphatic heterocycles. The lowest BCUT2D eigenvalue weighted by molar-refractivity contribution is -0.181. The molecule has 6 aliphatic rings. The number of rotatable bonds is 4. The van der Waals surface area contributed by atoms with Gasteiger partial charge < -0.3 is 72.7 Å². The summed E-state index contributed by atoms with van der Waals surface area (Å²) in [6.07, 6.45) is -3.74. The summed E-state index contributed by atoms with van der Waals surface area (Å²) in [4.78, 5) is 79.9. The quantitative estimate of drug-likeness (QED) is 0.105. The Kier molecular flexibility index (Phi) is 13.1. The molecule has 8 rings (SSSR count). The molecule has 2 aromatic rings. The number of benzene rings is 2. The molecule has 0 saturated heterocycles. The molecule has 2 aromatic carbocycles. The molecule has 18 N–H and O–H groups in total. The second-order valence-corrected chi connectivity index (χ2v) is 19.5. The van der Waals surface area contributed by atoms with Gasteiger partial charge in [0.15, 0.2) is 22.8 Å². The highest BCUT2D eigenvalue weighted by atomic mass is 32.3. The zero-order valence-electron chi connectivity index (χ0n) is 38.1. The van der Waals surface area contributed by atoms with E-state index in [0.29, 0.717) is 0 Å². The average molecular weight is 1020 g/mol. The summed E-state index contributed by atoms with van der Waals surface area (Å²) in [5.41, 5.74) is -3.55. The maximum atomic E-state index is 13.7. The number of aliphatic hydroxyl groups excluding tert-OH is 6. The molecular weight excluding hydrogens is 969 g/mol. The van der Waals surface area contributed by atoms with Crippen molar-refractivity contribution in [2.24, 2.45) is 35.1 Å². The van der Waals surface area contributed by atoms with Gasteiger partial charge in [-0.15, -0.1) is 0 Å². The van der Waals surface area contributed by atoms with Crippen molar-refractivity contribution in [1.29, 1.82) is 0 Å². The van der Waals surface area contributed by atoms with Crippen LogP contribution >= 0.6 is 0 Å². The molecule has 0 aromatic heterocycles. The van der Waals surface area contributed by atoms with Crippen molar-refractivity contribution in [3.05, 3.63) is 92.5 Å². The van der Waals surface area contributed by atoms with Crippen LogP contribution in [0.15, 0.2) is 70.2 Å². The first-order valence-corrected chi connectivity index (χ1v) is 22.3. The molecule has 26 nitrogen and oxygen atoms in total. The fourth-order valence-electron chi connectivity index (χ4n) is 11.2. The van der Waals surface area contributed by atoms with Gasteiger partial charge in [0.05, 0.1) is 81.4 Å². The number of carbonyl (C=O) groups excluding carboxylic acids is 6. The highest BCUT2D eigenvalue weighted by Crippen LogP contribution is 2.59. The van der Waals surface area contributed by atoms with Gasteiger partial charge in [-0.2, -0.15) is 8.42 Å². The lowest BCUT2D eigenvalue weighted by Crippen LogP contribution is -2.71. The first-order chi connectivity index (χ1) is 32.4. The minimum Gasteiger partial charge on any atom is -0.508 e. The third-order valence-electron chi connectivity index (χ3n) is 14.1. The molecule has 0 unspecified atom stereocenters. The van der Waals surface area contributed by atoms with Crippen molar-refractivity contribution in [2.45, 2.75) is 60.5 Å². The zero-order valence-corrected chi connectivity index (χ0v) is 38.9. The Morgan fingerprint density at radius 3 is 1.11 bits per heavy atom. The Hall–Kier alpha value is -6.63. The van der Waals surface area contributed by atoms with Crippen LogP contribution in [0, 0.1) is 23.7 Å². The zero-order chi connectivity index (χ0) is 54.1. The van der Waals surface area contributed by atoms with E-state index < -0.39 is 173 Å². The number of amides is 2. The fourth-order valence-corrected chi connectivity index (χ4v) is 11.2. The third kappa shape index (κ3) is 7.59. The Balaban J connectivity index is 0.000000212. The standard InChI is InChI=1S/2C22H24N2O9.H2O4S/c2*1-21(32)7-5-4-6-8(25)9(7)15(26)10-12(21)17(28)13-14(24(2)3)16(27)11(20(23)31)19(30)22(13,33)18(10)29;1-5(2,3)4/h2*4-6,12-14,17,25-26,28,30,32-33H,1-3H3,(H2,23,31);(H2,1,2,3,4)/t2*12-,13-,14+,17+,21+,22+;/m11./s1. The second-order valence-electron chi connectivity index (χ2n) is 18.6. The van der Waals surface area contributed by atoms with E-state index in [4.69, 9.17) is 29.0 Å². The highest BCUT2D eigenvalue weighted by Gasteiger charge is 2.72. The Labute approximate surface area is 401 Å². The van der Waals surface area contributed by atoms with Crippen LogP contribution in [0.5, 0.6) is 11.5 Å². The van der Waals surface area contributed by atoms with Crippen molar-refractivity contribution in [3.8, 4) is 11.5 Å². The Morgan fingerprint density at radius 2 is 0.859 bits per heavy atom. The van der Waals surface area contributed by atoms with E-state index in [1.54, 1.807) is 0 Å². The SMILES string of the molecule is CN(C)[C@@H]1C(=O)C(C(N)=O)=C(O)[C@@]2(O)C(=O)C3=C(O)c4c(O)cccc4[C@](C)(O)[C@H]3[C@H](O)[C@@H]12.CN(C)[C@@H]1C(=O)C(C(N)=O)=C(O)[C@@]2(O)C(=O)C3=C(O)c4c(O)cccc4[C@](C)(O)[C@H]3[C@H](O)[C@@H]12.O=S(=O)(O)O. The highest BCUT2D eigenvalue weighted by molar-refractivity contribution is 7.79. The number of aliphatic hydroxyl groups is 10. The summed E-state index contributed by atoms with van der Waals surface area (Å²) < 4.78 is 31.6. The van der Waals surface area contributed by atoms with E-state index >= 15 is 0 Å². The molecule has 0 radical (unpaired) electrons. The molecule has 2 fully saturated rings. The van der Waals surface area contributed by atoms with Crippen LogP contribution in [-0.4, -0.2) is 187 Å². The first kappa shape index (κ1) is 53.7. The van der Waals surface area contributed by atoms with Crippen molar-refractivity contribution < 1.29 is 108 Å². The topological polar surface area (TPSA) is 478 Å². The van der Waals surface area contributed by atoms with Crippen molar-refractivity contribution >= 4 is 56.9 Å². The number of hydrogen-bond acceptors (Lipinski definition) is 22. The maximum Gasteiger partial charge on any atom is 0.394 e. The molecular formula is C44H50N4O22S. The Morgan fingerprint density at radius 1 is 0.577 bits per heavy atom. The number of nitrogens with two attached hydrogens (primary N) is 2. The van der Waals surface area contributed by atoms with E-state index in [0.717, 1.165) is 0 Å². The van der Waals surface area contributed by atoms with Crippen LogP contribution in [-0.2, 0) is 50.4 Å². The van der Waals surface area contributed by atoms with Crippen LogP contribution in [0.2, 0.25) is 0 Å². The lowest BCUT2D eigenvalue weighted by Gasteiger charge is -2.55. The largest absolute Gasteiger partial charge is 0.508 e. The van der Waals surface area contributed by atoms with E-state index in [-0.39, 0.29) is 22.3 Å². The monoisotopic (exact) mass is 1020 g/mol. The van der Waals surface area contributed by atoms with E-state index in [1.807, 2.05) is 0 Å². The number of phenolic OH excluding ortho intramolecular Hbond substituents is 2. The molecule has 0 spiro atoms. The molecule has 27 heteroatoms. The molecule has 384 valence electrons. The van der Waals surface area contributed by atoms with Crippen LogP contribution < -0.4 is 11.5 Å². The predicted molar refractivity (Wildman–Crippen MR) is 237 cm³/mol. The number of fused-ring (bicyclic) bond motifs is 6. The molecule has 6 aliphatic carbocycles.